The average molecular weight is 488 g/mol. The molecule has 1 rings (SSSR count). The zero-order valence-electron chi connectivity index (χ0n) is 21.3. The summed E-state index contributed by atoms with van der Waals surface area (Å²) in [4.78, 5) is 51.8. The average Bonchev–Trinajstić information content (AvgIpc) is 2.79. The number of hydrogen-bond donors (Lipinski definition) is 2. The van der Waals surface area contributed by atoms with Gasteiger partial charge in [-0.1, -0.05) is 37.5 Å². The lowest BCUT2D eigenvalue weighted by Crippen LogP contribution is -2.48. The number of rotatable bonds is 12. The highest BCUT2D eigenvalue weighted by Crippen LogP contribution is 2.25. The van der Waals surface area contributed by atoms with Crippen LogP contribution in [0.2, 0.25) is 0 Å². The Kier molecular flexibility index (Phi) is 12.4. The molecule has 2 N–H and O–H groups in total. The van der Waals surface area contributed by atoms with E-state index in [1.807, 2.05) is 6.92 Å². The molecule has 1 aromatic rings. The minimum absolute atomic E-state index is 0.00775. The van der Waals surface area contributed by atoms with E-state index in [2.05, 4.69) is 16.6 Å². The second-order valence-electron chi connectivity index (χ2n) is 8.78. The van der Waals surface area contributed by atoms with E-state index in [1.165, 1.54) is 4.90 Å². The molecule has 9 heteroatoms. The smallest absolute Gasteiger partial charge is 0.408 e. The lowest BCUT2D eigenvalue weighted by atomic mass is 9.97. The van der Waals surface area contributed by atoms with Gasteiger partial charge in [-0.3, -0.25) is 14.4 Å². The van der Waals surface area contributed by atoms with Crippen LogP contribution < -0.4 is 10.6 Å². The third-order valence-corrected chi connectivity index (χ3v) is 4.76. The van der Waals surface area contributed by atoms with Gasteiger partial charge in [0.15, 0.2) is 0 Å². The van der Waals surface area contributed by atoms with E-state index >= 15 is 0 Å². The molecule has 35 heavy (non-hydrogen) atoms. The molecule has 0 spiro atoms. The first-order chi connectivity index (χ1) is 16.5. The molecule has 9 nitrogen and oxygen atoms in total. The predicted molar refractivity (Wildman–Crippen MR) is 132 cm³/mol. The molecule has 0 saturated heterocycles. The van der Waals surface area contributed by atoms with Gasteiger partial charge < -0.3 is 25.0 Å². The standard InChI is InChI=1S/C26H37N3O6/c1-7-10-17-29(21(30)18-28-25(33)35-26(4,5)6)23(20-14-12-11-13-19(20)8-2)24(32)27-16-15-22(31)34-9-3/h2,11-14,23H,7,9-10,15-18H2,1,3-6H3,(H,27,32)(H,28,33). The molecular weight excluding hydrogens is 450 g/mol. The van der Waals surface area contributed by atoms with Crippen LogP contribution in [-0.4, -0.2) is 60.6 Å². The minimum atomic E-state index is -1.05. The van der Waals surface area contributed by atoms with Gasteiger partial charge in [-0.05, 0) is 45.7 Å². The number of alkyl carbamates (subject to hydrolysis) is 1. The zero-order valence-corrected chi connectivity index (χ0v) is 21.3. The molecule has 1 unspecified atom stereocenters. The van der Waals surface area contributed by atoms with Crippen LogP contribution in [0.5, 0.6) is 0 Å². The summed E-state index contributed by atoms with van der Waals surface area (Å²) in [6, 6.07) is 5.81. The van der Waals surface area contributed by atoms with Gasteiger partial charge in [-0.15, -0.1) is 6.42 Å². The highest BCUT2D eigenvalue weighted by atomic mass is 16.6. The fraction of sp³-hybridized carbons (Fsp3) is 0.538. The second-order valence-corrected chi connectivity index (χ2v) is 8.78. The summed E-state index contributed by atoms with van der Waals surface area (Å²) in [6.07, 6.45) is 6.34. The summed E-state index contributed by atoms with van der Waals surface area (Å²) in [5.41, 5.74) is 0.222. The van der Waals surface area contributed by atoms with Crippen LogP contribution in [-0.2, 0) is 23.9 Å². The highest BCUT2D eigenvalue weighted by Gasteiger charge is 2.32. The topological polar surface area (TPSA) is 114 Å². The number of hydrogen-bond acceptors (Lipinski definition) is 6. The van der Waals surface area contributed by atoms with Crippen molar-refractivity contribution in [2.45, 2.75) is 65.5 Å². The number of nitrogens with one attached hydrogen (secondary N) is 2. The number of nitrogens with zero attached hydrogens (tertiary/aromatic N) is 1. The largest absolute Gasteiger partial charge is 0.466 e. The van der Waals surface area contributed by atoms with Crippen molar-refractivity contribution in [3.63, 3.8) is 0 Å². The van der Waals surface area contributed by atoms with E-state index in [0.717, 1.165) is 6.42 Å². The number of carbonyl (C=O) groups excluding carboxylic acids is 4. The molecule has 0 bridgehead atoms. The maximum atomic E-state index is 13.3. The maximum absolute atomic E-state index is 13.3. The first-order valence-corrected chi connectivity index (χ1v) is 11.8. The van der Waals surface area contributed by atoms with Crippen LogP contribution in [0.1, 0.15) is 71.0 Å². The summed E-state index contributed by atoms with van der Waals surface area (Å²) in [5, 5.41) is 5.17. The van der Waals surface area contributed by atoms with Crippen molar-refractivity contribution in [1.82, 2.24) is 15.5 Å². The second kappa shape index (κ2) is 14.7. The molecule has 0 saturated carbocycles. The van der Waals surface area contributed by atoms with Crippen molar-refractivity contribution in [2.24, 2.45) is 0 Å². The molecule has 0 aliphatic carbocycles. The number of benzene rings is 1. The Morgan fingerprint density at radius 2 is 1.80 bits per heavy atom. The summed E-state index contributed by atoms with van der Waals surface area (Å²) in [5.74, 6) is 1.17. The van der Waals surface area contributed by atoms with Gasteiger partial charge in [0.1, 0.15) is 18.2 Å². The van der Waals surface area contributed by atoms with Gasteiger partial charge in [0.25, 0.3) is 0 Å². The molecule has 1 aromatic carbocycles. The number of carbonyl (C=O) groups is 4. The number of ether oxygens (including phenoxy) is 2. The number of amides is 3. The Morgan fingerprint density at radius 3 is 2.40 bits per heavy atom. The summed E-state index contributed by atoms with van der Waals surface area (Å²) in [6.45, 7) is 9.01. The predicted octanol–water partition coefficient (Wildman–Crippen LogP) is 2.93. The molecule has 3 amide bonds. The van der Waals surface area contributed by atoms with Crippen LogP contribution in [0.15, 0.2) is 24.3 Å². The molecule has 0 aliphatic rings. The van der Waals surface area contributed by atoms with E-state index in [9.17, 15) is 19.2 Å². The van der Waals surface area contributed by atoms with Gasteiger partial charge in [0.2, 0.25) is 11.8 Å². The van der Waals surface area contributed by atoms with E-state index in [1.54, 1.807) is 52.0 Å². The number of unbranched alkanes of at least 4 members (excludes halogenated alkanes) is 1. The number of terminal acetylenes is 1. The van der Waals surface area contributed by atoms with Crippen molar-refractivity contribution in [3.05, 3.63) is 35.4 Å². The molecule has 0 aromatic heterocycles. The van der Waals surface area contributed by atoms with Crippen molar-refractivity contribution < 1.29 is 28.7 Å². The van der Waals surface area contributed by atoms with Crippen LogP contribution in [0.25, 0.3) is 0 Å². The van der Waals surface area contributed by atoms with Crippen molar-refractivity contribution >= 4 is 23.9 Å². The quantitative estimate of drug-likeness (QED) is 0.346. The van der Waals surface area contributed by atoms with Crippen molar-refractivity contribution in [3.8, 4) is 12.3 Å². The third kappa shape index (κ3) is 10.5. The third-order valence-electron chi connectivity index (χ3n) is 4.76. The van der Waals surface area contributed by atoms with Gasteiger partial charge in [-0.25, -0.2) is 4.79 Å². The highest BCUT2D eigenvalue weighted by molar-refractivity contribution is 5.91. The van der Waals surface area contributed by atoms with Crippen LogP contribution >= 0.6 is 0 Å². The zero-order chi connectivity index (χ0) is 26.4. The summed E-state index contributed by atoms with van der Waals surface area (Å²) < 4.78 is 10.1. The molecule has 0 radical (unpaired) electrons. The first-order valence-electron chi connectivity index (χ1n) is 11.8. The lowest BCUT2D eigenvalue weighted by Gasteiger charge is -2.32. The molecule has 0 fully saturated rings. The Morgan fingerprint density at radius 1 is 1.11 bits per heavy atom. The fourth-order valence-corrected chi connectivity index (χ4v) is 3.22. The Bertz CT molecular complexity index is 916. The lowest BCUT2D eigenvalue weighted by molar-refractivity contribution is -0.143. The van der Waals surface area contributed by atoms with Crippen LogP contribution in [0.4, 0.5) is 4.79 Å². The van der Waals surface area contributed by atoms with Crippen LogP contribution in [0.3, 0.4) is 0 Å². The molecule has 0 heterocycles. The summed E-state index contributed by atoms with van der Waals surface area (Å²) >= 11 is 0. The van der Waals surface area contributed by atoms with E-state index in [0.29, 0.717) is 17.5 Å². The van der Waals surface area contributed by atoms with Gasteiger partial charge in [0, 0.05) is 18.7 Å². The molecule has 192 valence electrons. The monoisotopic (exact) mass is 487 g/mol. The Labute approximate surface area is 207 Å². The van der Waals surface area contributed by atoms with Gasteiger partial charge in [-0.2, -0.15) is 0 Å². The van der Waals surface area contributed by atoms with Crippen molar-refractivity contribution in [2.75, 3.05) is 26.2 Å². The van der Waals surface area contributed by atoms with E-state index < -0.39 is 35.5 Å². The van der Waals surface area contributed by atoms with E-state index in [4.69, 9.17) is 15.9 Å². The molecule has 1 atom stereocenters. The van der Waals surface area contributed by atoms with Crippen molar-refractivity contribution in [1.29, 1.82) is 0 Å². The normalized spacial score (nSPS) is 11.5. The maximum Gasteiger partial charge on any atom is 0.408 e. The fourth-order valence-electron chi connectivity index (χ4n) is 3.22. The van der Waals surface area contributed by atoms with Gasteiger partial charge in [0.05, 0.1) is 13.0 Å². The summed E-state index contributed by atoms with van der Waals surface area (Å²) in [7, 11) is 0. The first kappa shape index (κ1) is 29.5. The number of esters is 1. The Balaban J connectivity index is 3.20. The SMILES string of the molecule is C#Cc1ccccc1C(C(=O)NCCC(=O)OCC)N(CCCC)C(=O)CNC(=O)OC(C)(C)C. The molecule has 0 aliphatic heterocycles. The van der Waals surface area contributed by atoms with Crippen LogP contribution in [0, 0.1) is 12.3 Å². The molecular formula is C26H37N3O6. The van der Waals surface area contributed by atoms with E-state index in [-0.39, 0.29) is 32.7 Å². The van der Waals surface area contributed by atoms with Gasteiger partial charge >= 0.3 is 12.1 Å². The Hall–Kier alpha value is -3.54. The minimum Gasteiger partial charge on any atom is -0.466 e.